The zero-order valence-electron chi connectivity index (χ0n) is 16.2. The number of aryl methyl sites for hydroxylation is 1. The Morgan fingerprint density at radius 2 is 2.03 bits per heavy atom. The lowest BCUT2D eigenvalue weighted by Crippen LogP contribution is -2.35. The van der Waals surface area contributed by atoms with Crippen molar-refractivity contribution >= 4 is 29.1 Å². The van der Waals surface area contributed by atoms with Gasteiger partial charge in [0.1, 0.15) is 5.82 Å². The Morgan fingerprint density at radius 3 is 2.76 bits per heavy atom. The number of imidazole rings is 1. The molecule has 0 radical (unpaired) electrons. The second-order valence-electron chi connectivity index (χ2n) is 7.20. The Balaban J connectivity index is 1.34. The molecule has 2 amide bonds. The average molecular weight is 414 g/mol. The van der Waals surface area contributed by atoms with E-state index in [2.05, 4.69) is 30.6 Å². The van der Waals surface area contributed by atoms with Crippen LogP contribution in [0.15, 0.2) is 42.9 Å². The van der Waals surface area contributed by atoms with Gasteiger partial charge in [0, 0.05) is 31.4 Å². The van der Waals surface area contributed by atoms with Crippen molar-refractivity contribution in [1.29, 1.82) is 0 Å². The van der Waals surface area contributed by atoms with Gasteiger partial charge in [-0.25, -0.2) is 14.5 Å². The van der Waals surface area contributed by atoms with Crippen molar-refractivity contribution in [3.63, 3.8) is 0 Å². The van der Waals surface area contributed by atoms with Crippen LogP contribution in [0, 0.1) is 6.92 Å². The Kier molecular flexibility index (Phi) is 5.82. The number of rotatable bonds is 5. The fourth-order valence-corrected chi connectivity index (χ4v) is 3.80. The predicted molar refractivity (Wildman–Crippen MR) is 113 cm³/mol. The number of aromatic nitrogens is 4. The average Bonchev–Trinajstić information content (AvgIpc) is 3.33. The minimum absolute atomic E-state index is 0.247. The number of carbonyl (C=O) groups excluding carboxylic acids is 1. The molecule has 0 spiro atoms. The number of aromatic amines is 1. The van der Waals surface area contributed by atoms with E-state index in [0.717, 1.165) is 43.9 Å². The smallest absolute Gasteiger partial charge is 0.324 e. The maximum atomic E-state index is 12.4. The molecule has 2 aromatic heterocycles. The largest absolute Gasteiger partial charge is 0.348 e. The molecule has 3 heterocycles. The number of anilines is 2. The summed E-state index contributed by atoms with van der Waals surface area (Å²) in [5.74, 6) is 0.677. The third kappa shape index (κ3) is 4.60. The molecular weight excluding hydrogens is 390 g/mol. The van der Waals surface area contributed by atoms with E-state index in [1.165, 1.54) is 0 Å². The van der Waals surface area contributed by atoms with Gasteiger partial charge in [0.15, 0.2) is 0 Å². The first-order chi connectivity index (χ1) is 14.1. The number of halogens is 1. The van der Waals surface area contributed by atoms with Crippen LogP contribution >= 0.6 is 11.6 Å². The van der Waals surface area contributed by atoms with Crippen LogP contribution in [0.3, 0.4) is 0 Å². The first-order valence-corrected chi connectivity index (χ1v) is 10.0. The van der Waals surface area contributed by atoms with Crippen molar-refractivity contribution in [1.82, 2.24) is 24.6 Å². The predicted octanol–water partition coefficient (Wildman–Crippen LogP) is 4.05. The number of nitrogens with one attached hydrogen (secondary N) is 3. The number of piperidine rings is 1. The molecule has 9 heteroatoms. The van der Waals surface area contributed by atoms with Crippen LogP contribution in [0.2, 0.25) is 5.02 Å². The minimum atomic E-state index is -0.341. The fraction of sp³-hybridized carbons (Fsp3) is 0.350. The zero-order chi connectivity index (χ0) is 20.2. The molecule has 0 saturated carbocycles. The molecule has 4 rings (SSSR count). The highest BCUT2D eigenvalue weighted by atomic mass is 35.5. The number of benzene rings is 1. The van der Waals surface area contributed by atoms with E-state index in [9.17, 15) is 4.79 Å². The molecule has 1 aliphatic rings. The molecule has 0 unspecified atom stereocenters. The van der Waals surface area contributed by atoms with E-state index in [-0.39, 0.29) is 12.1 Å². The van der Waals surface area contributed by atoms with Gasteiger partial charge in [-0.2, -0.15) is 5.10 Å². The highest BCUT2D eigenvalue weighted by Gasteiger charge is 2.24. The normalized spacial score (nSPS) is 15.4. The molecular formula is C20H24ClN7O. The van der Waals surface area contributed by atoms with Crippen LogP contribution in [0.25, 0.3) is 0 Å². The summed E-state index contributed by atoms with van der Waals surface area (Å²) in [6, 6.07) is 8.86. The second-order valence-corrected chi connectivity index (χ2v) is 7.61. The van der Waals surface area contributed by atoms with Crippen LogP contribution in [-0.2, 0) is 6.54 Å². The Morgan fingerprint density at radius 1 is 1.24 bits per heavy atom. The van der Waals surface area contributed by atoms with E-state index in [4.69, 9.17) is 11.6 Å². The molecule has 0 atom stereocenters. The highest BCUT2D eigenvalue weighted by Crippen LogP contribution is 2.27. The van der Waals surface area contributed by atoms with Crippen LogP contribution in [0.5, 0.6) is 0 Å². The van der Waals surface area contributed by atoms with E-state index in [1.54, 1.807) is 24.7 Å². The van der Waals surface area contributed by atoms with Gasteiger partial charge < -0.3 is 10.3 Å². The van der Waals surface area contributed by atoms with Crippen molar-refractivity contribution in [2.24, 2.45) is 0 Å². The number of hydrogen-bond donors (Lipinski definition) is 3. The lowest BCUT2D eigenvalue weighted by atomic mass is 10.0. The molecule has 0 aliphatic carbocycles. The Labute approximate surface area is 174 Å². The number of carbonyl (C=O) groups is 1. The monoisotopic (exact) mass is 413 g/mol. The molecule has 3 aromatic rings. The molecule has 29 heavy (non-hydrogen) atoms. The topological polar surface area (TPSA) is 90.9 Å². The van der Waals surface area contributed by atoms with Gasteiger partial charge in [-0.05, 0) is 31.9 Å². The van der Waals surface area contributed by atoms with Gasteiger partial charge in [-0.3, -0.25) is 10.2 Å². The van der Waals surface area contributed by atoms with Gasteiger partial charge in [0.05, 0.1) is 35.0 Å². The Bertz CT molecular complexity index is 975. The summed E-state index contributed by atoms with van der Waals surface area (Å²) < 4.78 is 1.91. The fourth-order valence-electron chi connectivity index (χ4n) is 3.62. The molecule has 152 valence electrons. The molecule has 1 saturated heterocycles. The number of H-pyrrole nitrogens is 1. The number of amides is 2. The molecule has 1 aromatic carbocycles. The zero-order valence-corrected chi connectivity index (χ0v) is 17.0. The van der Waals surface area contributed by atoms with Gasteiger partial charge in [0.25, 0.3) is 0 Å². The van der Waals surface area contributed by atoms with Crippen LogP contribution in [0.4, 0.5) is 16.3 Å². The van der Waals surface area contributed by atoms with Gasteiger partial charge in [-0.1, -0.05) is 23.7 Å². The number of urea groups is 1. The van der Waals surface area contributed by atoms with E-state index < -0.39 is 0 Å². The third-order valence-corrected chi connectivity index (χ3v) is 5.57. The summed E-state index contributed by atoms with van der Waals surface area (Å²) in [5, 5.41) is 10.6. The first-order valence-electron chi connectivity index (χ1n) is 9.67. The van der Waals surface area contributed by atoms with E-state index in [0.29, 0.717) is 16.5 Å². The van der Waals surface area contributed by atoms with Crippen molar-refractivity contribution in [3.8, 4) is 0 Å². The summed E-state index contributed by atoms with van der Waals surface area (Å²) in [5.41, 5.74) is 2.79. The van der Waals surface area contributed by atoms with Crippen LogP contribution in [-0.4, -0.2) is 43.8 Å². The van der Waals surface area contributed by atoms with Crippen LogP contribution < -0.4 is 10.6 Å². The number of para-hydroxylation sites is 1. The molecule has 0 bridgehead atoms. The van der Waals surface area contributed by atoms with Crippen molar-refractivity contribution < 1.29 is 4.79 Å². The molecule has 1 aliphatic heterocycles. The third-order valence-electron chi connectivity index (χ3n) is 5.24. The van der Waals surface area contributed by atoms with Gasteiger partial charge in [0.2, 0.25) is 0 Å². The molecule has 1 fully saturated rings. The number of nitrogens with zero attached hydrogens (tertiary/aromatic N) is 4. The van der Waals surface area contributed by atoms with E-state index >= 15 is 0 Å². The summed E-state index contributed by atoms with van der Waals surface area (Å²) in [6.45, 7) is 4.82. The summed E-state index contributed by atoms with van der Waals surface area (Å²) in [4.78, 5) is 22.3. The lowest BCUT2D eigenvalue weighted by Gasteiger charge is -2.32. The minimum Gasteiger partial charge on any atom is -0.348 e. The maximum Gasteiger partial charge on any atom is 0.324 e. The maximum absolute atomic E-state index is 12.4. The lowest BCUT2D eigenvalue weighted by molar-refractivity contribution is 0.172. The second kappa shape index (κ2) is 8.67. The van der Waals surface area contributed by atoms with Gasteiger partial charge >= 0.3 is 6.03 Å². The highest BCUT2D eigenvalue weighted by molar-refractivity contribution is 6.33. The number of hydrogen-bond acceptors (Lipinski definition) is 4. The standard InChI is InChI=1S/C20H24ClN7O/c1-14-18(23-13-22-14)12-27-10-7-15(8-11-27)28-19(6-9-24-28)26-20(29)25-17-5-3-2-4-16(17)21/h2-6,9,13,15H,7-8,10-12H2,1H3,(H,22,23)(H2,25,26,29). The van der Waals surface area contributed by atoms with E-state index in [1.807, 2.05) is 29.8 Å². The summed E-state index contributed by atoms with van der Waals surface area (Å²) >= 11 is 6.11. The molecule has 8 nitrogen and oxygen atoms in total. The first kappa shape index (κ1) is 19.5. The SMILES string of the molecule is Cc1[nH]cnc1CN1CCC(n2nccc2NC(=O)Nc2ccccc2Cl)CC1. The quantitative estimate of drug-likeness (QED) is 0.588. The van der Waals surface area contributed by atoms with Crippen molar-refractivity contribution in [3.05, 3.63) is 59.3 Å². The molecule has 3 N–H and O–H groups in total. The van der Waals surface area contributed by atoms with Crippen molar-refractivity contribution in [2.75, 3.05) is 23.7 Å². The van der Waals surface area contributed by atoms with Crippen molar-refractivity contribution in [2.45, 2.75) is 32.4 Å². The van der Waals surface area contributed by atoms with Gasteiger partial charge in [-0.15, -0.1) is 0 Å². The summed E-state index contributed by atoms with van der Waals surface area (Å²) in [7, 11) is 0. The summed E-state index contributed by atoms with van der Waals surface area (Å²) in [6.07, 6.45) is 5.38. The number of likely N-dealkylation sites (tertiary alicyclic amines) is 1. The Hall–Kier alpha value is -2.84. The van der Waals surface area contributed by atoms with Crippen LogP contribution in [0.1, 0.15) is 30.3 Å².